The molecule has 4 aliphatic rings. The number of anilines is 1. The van der Waals surface area contributed by atoms with Crippen LogP contribution in [-0.2, 0) is 11.3 Å². The van der Waals surface area contributed by atoms with E-state index in [1.807, 2.05) is 9.91 Å². The Hall–Kier alpha value is -4.06. The summed E-state index contributed by atoms with van der Waals surface area (Å²) in [6.07, 6.45) is 5.66. The van der Waals surface area contributed by atoms with E-state index in [-0.39, 0.29) is 67.5 Å². The minimum absolute atomic E-state index is 0.00330. The van der Waals surface area contributed by atoms with Crippen molar-refractivity contribution < 1.29 is 32.5 Å². The van der Waals surface area contributed by atoms with Crippen molar-refractivity contribution in [3.05, 3.63) is 53.2 Å². The van der Waals surface area contributed by atoms with E-state index in [1.54, 1.807) is 10.6 Å². The Kier molecular flexibility index (Phi) is 8.20. The predicted octanol–water partition coefficient (Wildman–Crippen LogP) is 3.78. The van der Waals surface area contributed by atoms with E-state index in [0.717, 1.165) is 25.7 Å². The molecule has 0 amide bonds. The van der Waals surface area contributed by atoms with Gasteiger partial charge in [0.05, 0.1) is 38.1 Å². The van der Waals surface area contributed by atoms with Gasteiger partial charge in [0.15, 0.2) is 11.3 Å². The first-order valence-electron chi connectivity index (χ1n) is 16.3. The van der Waals surface area contributed by atoms with Gasteiger partial charge in [-0.3, -0.25) is 5.01 Å². The molecule has 0 radical (unpaired) electrons. The van der Waals surface area contributed by atoms with Crippen LogP contribution in [-0.4, -0.2) is 98.8 Å². The molecule has 2 aromatic carbocycles. The Balaban J connectivity index is 1.13. The average Bonchev–Trinajstić information content (AvgIpc) is 3.59. The number of alkyl halides is 3. The monoisotopic (exact) mass is 669 g/mol. The topological polar surface area (TPSA) is 124 Å². The third-order valence-electron chi connectivity index (χ3n) is 10.4. The molecule has 3 saturated heterocycles. The average molecular weight is 670 g/mol. The molecule has 14 heteroatoms. The van der Waals surface area contributed by atoms with Crippen molar-refractivity contribution in [1.82, 2.24) is 24.8 Å². The van der Waals surface area contributed by atoms with Gasteiger partial charge in [-0.1, -0.05) is 12.0 Å². The number of benzene rings is 2. The summed E-state index contributed by atoms with van der Waals surface area (Å²) in [5.41, 5.74) is 4.76. The molecule has 2 bridgehead atoms. The Morgan fingerprint density at radius 2 is 1.85 bits per heavy atom. The summed E-state index contributed by atoms with van der Waals surface area (Å²) in [7, 11) is 0. The number of aromatic nitrogens is 2. The normalized spacial score (nSPS) is 23.8. The van der Waals surface area contributed by atoms with Gasteiger partial charge in [0.1, 0.15) is 17.4 Å². The van der Waals surface area contributed by atoms with Crippen molar-refractivity contribution >= 4 is 22.5 Å². The Morgan fingerprint density at radius 3 is 2.50 bits per heavy atom. The van der Waals surface area contributed by atoms with Gasteiger partial charge in [-0.2, -0.15) is 13.2 Å². The van der Waals surface area contributed by atoms with Gasteiger partial charge in [0, 0.05) is 42.5 Å². The molecule has 5 N–H and O–H groups in total. The number of likely N-dealkylation sites (tertiary alicyclic amines) is 1. The molecule has 48 heavy (non-hydrogen) atoms. The van der Waals surface area contributed by atoms with Crippen LogP contribution in [0, 0.1) is 23.6 Å². The van der Waals surface area contributed by atoms with E-state index < -0.39 is 17.6 Å². The molecule has 2 atom stereocenters. The van der Waals surface area contributed by atoms with Gasteiger partial charge in [-0.05, 0) is 67.7 Å². The van der Waals surface area contributed by atoms with Gasteiger partial charge in [0.2, 0.25) is 0 Å². The predicted molar refractivity (Wildman–Crippen MR) is 172 cm³/mol. The largest absolute Gasteiger partial charge is 0.508 e. The van der Waals surface area contributed by atoms with E-state index in [1.165, 1.54) is 24.5 Å². The van der Waals surface area contributed by atoms with Crippen LogP contribution in [0.3, 0.4) is 0 Å². The zero-order valence-corrected chi connectivity index (χ0v) is 26.4. The fourth-order valence-corrected chi connectivity index (χ4v) is 7.36. The number of phenols is 1. The number of nitrogens with one attached hydrogen (secondary N) is 1. The van der Waals surface area contributed by atoms with Gasteiger partial charge in [-0.15, -0.1) is 11.5 Å². The van der Waals surface area contributed by atoms with Gasteiger partial charge >= 0.3 is 6.18 Å². The first kappa shape index (κ1) is 32.5. The highest BCUT2D eigenvalue weighted by atomic mass is 19.4. The van der Waals surface area contributed by atoms with Crippen LogP contribution in [0.4, 0.5) is 23.4 Å². The number of aliphatic hydroxyl groups is 1. The van der Waals surface area contributed by atoms with Crippen molar-refractivity contribution in [2.75, 3.05) is 45.1 Å². The molecular formula is C34H39F4N7O3. The minimum Gasteiger partial charge on any atom is -0.508 e. The maximum Gasteiger partial charge on any atom is 0.417 e. The maximum atomic E-state index is 14.7. The van der Waals surface area contributed by atoms with Crippen molar-refractivity contribution in [1.29, 1.82) is 0 Å². The second-order valence-corrected chi connectivity index (χ2v) is 13.9. The lowest BCUT2D eigenvalue weighted by Crippen LogP contribution is -2.54. The summed E-state index contributed by atoms with van der Waals surface area (Å²) in [4.78, 5) is 6.56. The first-order valence-corrected chi connectivity index (χ1v) is 16.3. The number of nitrogen functional groups attached to an aromatic ring is 1. The van der Waals surface area contributed by atoms with E-state index in [2.05, 4.69) is 16.2 Å². The van der Waals surface area contributed by atoms with Crippen LogP contribution in [0.5, 0.6) is 5.75 Å². The number of rotatable bonds is 8. The summed E-state index contributed by atoms with van der Waals surface area (Å²) >= 11 is 0. The highest BCUT2D eigenvalue weighted by Crippen LogP contribution is 2.48. The highest BCUT2D eigenvalue weighted by Gasteiger charge is 2.55. The van der Waals surface area contributed by atoms with E-state index in [9.17, 15) is 27.8 Å². The van der Waals surface area contributed by atoms with Gasteiger partial charge in [-0.25, -0.2) is 9.37 Å². The maximum absolute atomic E-state index is 14.7. The first-order chi connectivity index (χ1) is 22.9. The number of hydrogen-bond donors (Lipinski definition) is 4. The third kappa shape index (κ3) is 6.26. The second-order valence-electron chi connectivity index (χ2n) is 13.9. The van der Waals surface area contributed by atoms with Crippen molar-refractivity contribution in [2.45, 2.75) is 68.9 Å². The number of nitrogens with zero attached hydrogens (tertiary/aromatic N) is 5. The minimum atomic E-state index is -4.65. The van der Waals surface area contributed by atoms with Crippen LogP contribution in [0.25, 0.3) is 10.8 Å². The second kappa shape index (κ2) is 12.1. The molecule has 10 nitrogen and oxygen atoms in total. The Bertz CT molecular complexity index is 1760. The number of piperidine rings is 1. The van der Waals surface area contributed by atoms with Crippen molar-refractivity contribution in [3.63, 3.8) is 0 Å². The fraction of sp³-hybridized carbons (Fsp3) is 0.529. The summed E-state index contributed by atoms with van der Waals surface area (Å²) < 4.78 is 62.8. The number of fused-ring (bicyclic) bond motifs is 3. The van der Waals surface area contributed by atoms with Crippen LogP contribution in [0.15, 0.2) is 35.7 Å². The van der Waals surface area contributed by atoms with Crippen LogP contribution < -0.4 is 11.1 Å². The molecule has 3 aromatic rings. The summed E-state index contributed by atoms with van der Waals surface area (Å²) in [6.45, 7) is 2.65. The van der Waals surface area contributed by atoms with Crippen LogP contribution in [0.2, 0.25) is 0 Å². The number of phenolic OH excluding ortho intramolecular Hbond substituents is 1. The molecule has 1 aliphatic carbocycles. The van der Waals surface area contributed by atoms with Crippen LogP contribution >= 0.6 is 0 Å². The van der Waals surface area contributed by atoms with Gasteiger partial charge < -0.3 is 35.5 Å². The molecular weight excluding hydrogens is 630 g/mol. The van der Waals surface area contributed by atoms with E-state index in [4.69, 9.17) is 22.0 Å². The molecule has 1 aromatic heterocycles. The number of terminal acetylenes is 1. The smallest absolute Gasteiger partial charge is 0.417 e. The van der Waals surface area contributed by atoms with E-state index >= 15 is 0 Å². The highest BCUT2D eigenvalue weighted by molar-refractivity contribution is 5.96. The van der Waals surface area contributed by atoms with Crippen LogP contribution in [0.1, 0.15) is 55.3 Å². The molecule has 2 unspecified atom stereocenters. The Morgan fingerprint density at radius 1 is 1.15 bits per heavy atom. The van der Waals surface area contributed by atoms with Crippen molar-refractivity contribution in [2.24, 2.45) is 10.5 Å². The molecule has 4 heterocycles. The number of ether oxygens (including phenoxy) is 1. The molecule has 3 aliphatic heterocycles. The number of halogens is 4. The molecule has 256 valence electrons. The van der Waals surface area contributed by atoms with E-state index in [0.29, 0.717) is 53.7 Å². The fourth-order valence-electron chi connectivity index (χ4n) is 7.36. The SMILES string of the molecule is C#Cc1c(F)ccc2cc(O)cc(Cn3cnc(/C(=N\N4CC5CCC(C4)N5)OCC4(CN5CCC(O)(C(F)(F)F)CC5)CC4)c3N)c12. The summed E-state index contributed by atoms with van der Waals surface area (Å²) in [5, 5.41) is 32.1. The number of aromatic hydroxyl groups is 1. The molecule has 0 spiro atoms. The standard InChI is InChI=1S/C34H39F4N7O3/c1-2-26-27(35)6-3-21-13-25(46)14-22(28(21)26)15-44-20-40-29(30(44)39)31(42-45-16-23-4-5-24(17-45)41-23)48-19-32(7-8-32)18-43-11-9-33(47,10-12-43)34(36,37)38/h1,3,6,13-14,20,23-24,41,46-47H,4-5,7-12,15-19,39H2/b42-31+. The number of hydrazone groups is 1. The zero-order valence-electron chi connectivity index (χ0n) is 26.4. The lowest BCUT2D eigenvalue weighted by Gasteiger charge is -2.40. The number of nitrogens with two attached hydrogens (primary N) is 1. The van der Waals surface area contributed by atoms with Gasteiger partial charge in [0.25, 0.3) is 5.90 Å². The molecule has 1 saturated carbocycles. The Labute approximate surface area is 275 Å². The summed E-state index contributed by atoms with van der Waals surface area (Å²) in [5.74, 6) is 2.39. The van der Waals surface area contributed by atoms with Crippen molar-refractivity contribution in [3.8, 4) is 18.1 Å². The quantitative estimate of drug-likeness (QED) is 0.124. The zero-order chi connectivity index (χ0) is 33.8. The number of imidazole rings is 1. The molecule has 4 fully saturated rings. The lowest BCUT2D eigenvalue weighted by atomic mass is 9.90. The number of piperazine rings is 1. The third-order valence-corrected chi connectivity index (χ3v) is 10.4. The lowest BCUT2D eigenvalue weighted by molar-refractivity contribution is -0.273. The number of hydrogen-bond acceptors (Lipinski definition) is 9. The summed E-state index contributed by atoms with van der Waals surface area (Å²) in [6, 6.07) is 6.51. The molecule has 7 rings (SSSR count).